The molecule has 0 bridgehead atoms. The second-order valence-electron chi connectivity index (χ2n) is 3.32. The van der Waals surface area contributed by atoms with Crippen molar-refractivity contribution < 1.29 is 9.47 Å². The van der Waals surface area contributed by atoms with Crippen LogP contribution in [-0.4, -0.2) is 34.2 Å². The number of anilines is 2. The summed E-state index contributed by atoms with van der Waals surface area (Å²) in [6.45, 7) is 0. The molecule has 0 aliphatic heterocycles. The van der Waals surface area contributed by atoms with Crippen LogP contribution >= 0.6 is 11.8 Å². The van der Waals surface area contributed by atoms with Gasteiger partial charge in [-0.05, 0) is 11.8 Å². The van der Waals surface area contributed by atoms with Gasteiger partial charge in [0, 0.05) is 6.07 Å². The van der Waals surface area contributed by atoms with Crippen LogP contribution in [0.15, 0.2) is 22.4 Å². The van der Waals surface area contributed by atoms with Gasteiger partial charge in [0.2, 0.25) is 11.8 Å². The summed E-state index contributed by atoms with van der Waals surface area (Å²) in [5.41, 5.74) is 11.2. The largest absolute Gasteiger partial charge is 0.480 e. The van der Waals surface area contributed by atoms with E-state index in [4.69, 9.17) is 20.9 Å². The fourth-order valence-corrected chi connectivity index (χ4v) is 2.25. The third kappa shape index (κ3) is 2.94. The first kappa shape index (κ1) is 13.1. The minimum absolute atomic E-state index is 0.282. The van der Waals surface area contributed by atoms with E-state index in [1.54, 1.807) is 0 Å². The van der Waals surface area contributed by atoms with Crippen molar-refractivity contribution in [1.29, 1.82) is 0 Å². The molecule has 0 saturated carbocycles. The summed E-state index contributed by atoms with van der Waals surface area (Å²) < 4.78 is 10.3. The zero-order chi connectivity index (χ0) is 13.8. The molecule has 19 heavy (non-hydrogen) atoms. The molecule has 0 fully saturated rings. The highest BCUT2D eigenvalue weighted by atomic mass is 32.2. The van der Waals surface area contributed by atoms with Crippen molar-refractivity contribution in [3.8, 4) is 11.8 Å². The molecular formula is C10H12N6O2S. The molecule has 0 aromatic carbocycles. The molecule has 0 spiro atoms. The van der Waals surface area contributed by atoms with Crippen molar-refractivity contribution in [1.82, 2.24) is 19.9 Å². The molecule has 0 atom stereocenters. The monoisotopic (exact) mass is 280 g/mol. The molecule has 2 rings (SSSR count). The summed E-state index contributed by atoms with van der Waals surface area (Å²) in [6, 6.07) is 1.47. The summed E-state index contributed by atoms with van der Waals surface area (Å²) in [7, 11) is 3.00. The first-order chi connectivity index (χ1) is 9.13. The molecule has 0 aliphatic carbocycles. The first-order valence-corrected chi connectivity index (χ1v) is 5.96. The van der Waals surface area contributed by atoms with Gasteiger partial charge < -0.3 is 20.9 Å². The molecule has 0 unspecified atom stereocenters. The second kappa shape index (κ2) is 5.57. The average molecular weight is 280 g/mol. The molecule has 100 valence electrons. The Hall–Kier alpha value is -2.29. The molecule has 0 saturated heterocycles. The fraction of sp³-hybridized carbons (Fsp3) is 0.200. The Kier molecular flexibility index (Phi) is 3.85. The molecule has 2 aromatic heterocycles. The molecule has 9 heteroatoms. The van der Waals surface area contributed by atoms with Crippen LogP contribution in [0.4, 0.5) is 11.6 Å². The number of hydrogen-bond donors (Lipinski definition) is 2. The van der Waals surface area contributed by atoms with Gasteiger partial charge in [-0.15, -0.1) is 0 Å². The normalized spacial score (nSPS) is 10.2. The smallest absolute Gasteiger partial charge is 0.234 e. The minimum atomic E-state index is 0.282. The summed E-state index contributed by atoms with van der Waals surface area (Å²) in [6.07, 6.45) is 1.34. The predicted octanol–water partition coefficient (Wildman–Crippen LogP) is 0.599. The molecule has 2 heterocycles. The third-order valence-electron chi connectivity index (χ3n) is 2.06. The highest BCUT2D eigenvalue weighted by Gasteiger charge is 2.16. The topological polar surface area (TPSA) is 122 Å². The van der Waals surface area contributed by atoms with Crippen molar-refractivity contribution in [2.75, 3.05) is 25.7 Å². The lowest BCUT2D eigenvalue weighted by Crippen LogP contribution is -2.01. The number of rotatable bonds is 4. The fourth-order valence-electron chi connectivity index (χ4n) is 1.32. The van der Waals surface area contributed by atoms with Gasteiger partial charge in [-0.1, -0.05) is 0 Å². The number of nitrogens with two attached hydrogens (primary N) is 2. The predicted molar refractivity (Wildman–Crippen MR) is 70.1 cm³/mol. The van der Waals surface area contributed by atoms with E-state index in [1.807, 2.05) is 0 Å². The number of hydrogen-bond acceptors (Lipinski definition) is 9. The third-order valence-corrected chi connectivity index (χ3v) is 2.98. The number of aromatic nitrogens is 4. The molecule has 8 nitrogen and oxygen atoms in total. The van der Waals surface area contributed by atoms with Crippen LogP contribution in [0.3, 0.4) is 0 Å². The van der Waals surface area contributed by atoms with Gasteiger partial charge >= 0.3 is 0 Å². The standard InChI is InChI=1S/C10H12N6O2S/c1-17-8-7(9(18-2)14-4-13-8)19-10-15-5(11)3-6(12)16-10/h3-4H,1-2H3,(H4,11,12,15,16). The average Bonchev–Trinajstić information content (AvgIpc) is 2.37. The van der Waals surface area contributed by atoms with Gasteiger partial charge in [-0.3, -0.25) is 0 Å². The summed E-state index contributed by atoms with van der Waals surface area (Å²) in [5.74, 6) is 1.29. The quantitative estimate of drug-likeness (QED) is 0.775. The van der Waals surface area contributed by atoms with Gasteiger partial charge in [-0.2, -0.15) is 0 Å². The molecule has 0 aliphatic rings. The van der Waals surface area contributed by atoms with Crippen molar-refractivity contribution in [2.24, 2.45) is 0 Å². The maximum atomic E-state index is 5.62. The number of ether oxygens (including phenoxy) is 2. The van der Waals surface area contributed by atoms with Crippen LogP contribution in [0, 0.1) is 0 Å². The van der Waals surface area contributed by atoms with Crippen molar-refractivity contribution >= 4 is 23.4 Å². The number of methoxy groups -OCH3 is 2. The van der Waals surface area contributed by atoms with Gasteiger partial charge in [0.05, 0.1) is 14.2 Å². The summed E-state index contributed by atoms with van der Waals surface area (Å²) in [5, 5.41) is 0.365. The van der Waals surface area contributed by atoms with Crippen LogP contribution in [-0.2, 0) is 0 Å². The molecule has 2 aromatic rings. The number of nitrogens with zero attached hydrogens (tertiary/aromatic N) is 4. The molecule has 4 N–H and O–H groups in total. The van der Waals surface area contributed by atoms with Gasteiger partial charge in [0.25, 0.3) is 0 Å². The van der Waals surface area contributed by atoms with E-state index in [1.165, 1.54) is 26.6 Å². The molecule has 0 amide bonds. The van der Waals surface area contributed by atoms with Gasteiger partial charge in [0.1, 0.15) is 22.9 Å². The van der Waals surface area contributed by atoms with Crippen LogP contribution in [0.1, 0.15) is 0 Å². The highest BCUT2D eigenvalue weighted by molar-refractivity contribution is 7.99. The zero-order valence-electron chi connectivity index (χ0n) is 10.3. The number of nitrogen functional groups attached to an aromatic ring is 2. The van der Waals surface area contributed by atoms with Crippen molar-refractivity contribution in [3.63, 3.8) is 0 Å². The van der Waals surface area contributed by atoms with E-state index in [0.717, 1.165) is 11.8 Å². The Morgan fingerprint density at radius 1 is 1.00 bits per heavy atom. The molecule has 0 radical (unpaired) electrons. The summed E-state index contributed by atoms with van der Waals surface area (Å²) >= 11 is 1.16. The van der Waals surface area contributed by atoms with E-state index in [0.29, 0.717) is 21.8 Å². The lowest BCUT2D eigenvalue weighted by molar-refractivity contribution is 0.352. The zero-order valence-corrected chi connectivity index (χ0v) is 11.1. The van der Waals surface area contributed by atoms with Crippen molar-refractivity contribution in [2.45, 2.75) is 10.1 Å². The lowest BCUT2D eigenvalue weighted by atomic mass is 10.5. The molecular weight excluding hydrogens is 268 g/mol. The SMILES string of the molecule is COc1ncnc(OC)c1Sc1nc(N)cc(N)n1. The van der Waals surface area contributed by atoms with E-state index in [9.17, 15) is 0 Å². The van der Waals surface area contributed by atoms with E-state index >= 15 is 0 Å². The Labute approximate surface area is 113 Å². The Morgan fingerprint density at radius 2 is 1.53 bits per heavy atom. The summed E-state index contributed by atoms with van der Waals surface area (Å²) in [4.78, 5) is 16.7. The van der Waals surface area contributed by atoms with E-state index in [-0.39, 0.29) is 11.6 Å². The van der Waals surface area contributed by atoms with Crippen LogP contribution in [0.5, 0.6) is 11.8 Å². The van der Waals surface area contributed by atoms with Crippen LogP contribution in [0.2, 0.25) is 0 Å². The minimum Gasteiger partial charge on any atom is -0.480 e. The Bertz CT molecular complexity index is 552. The van der Waals surface area contributed by atoms with Crippen LogP contribution < -0.4 is 20.9 Å². The van der Waals surface area contributed by atoms with E-state index in [2.05, 4.69) is 19.9 Å². The van der Waals surface area contributed by atoms with Gasteiger partial charge in [0.15, 0.2) is 5.16 Å². The Morgan fingerprint density at radius 3 is 2.00 bits per heavy atom. The lowest BCUT2D eigenvalue weighted by Gasteiger charge is -2.09. The van der Waals surface area contributed by atoms with E-state index < -0.39 is 0 Å². The van der Waals surface area contributed by atoms with Gasteiger partial charge in [-0.25, -0.2) is 19.9 Å². The first-order valence-electron chi connectivity index (χ1n) is 5.15. The highest BCUT2D eigenvalue weighted by Crippen LogP contribution is 2.37. The van der Waals surface area contributed by atoms with Crippen LogP contribution in [0.25, 0.3) is 0 Å². The van der Waals surface area contributed by atoms with Crippen molar-refractivity contribution in [3.05, 3.63) is 12.4 Å². The maximum Gasteiger partial charge on any atom is 0.234 e. The Balaban J connectivity index is 2.41. The second-order valence-corrected chi connectivity index (χ2v) is 4.30. The maximum absolute atomic E-state index is 5.62.